The maximum atomic E-state index is 12.9. The quantitative estimate of drug-likeness (QED) is 0.721. The average molecular weight is 368 g/mol. The van der Waals surface area contributed by atoms with Crippen molar-refractivity contribution in [3.63, 3.8) is 0 Å². The predicted molar refractivity (Wildman–Crippen MR) is 107 cm³/mol. The van der Waals surface area contributed by atoms with Crippen molar-refractivity contribution in [1.82, 2.24) is 4.31 Å². The second-order valence-corrected chi connectivity index (χ2v) is 8.66. The van der Waals surface area contributed by atoms with Crippen LogP contribution in [0.2, 0.25) is 0 Å². The zero-order valence-corrected chi connectivity index (χ0v) is 16.1. The van der Waals surface area contributed by atoms with Gasteiger partial charge in [0, 0.05) is 13.1 Å². The minimum atomic E-state index is -3.44. The molecule has 0 spiro atoms. The van der Waals surface area contributed by atoms with E-state index in [9.17, 15) is 8.42 Å². The van der Waals surface area contributed by atoms with E-state index >= 15 is 0 Å². The molecule has 0 saturated carbocycles. The zero-order chi connectivity index (χ0) is 18.6. The summed E-state index contributed by atoms with van der Waals surface area (Å²) in [5.74, 6) is 0.236. The summed E-state index contributed by atoms with van der Waals surface area (Å²) in [5, 5.41) is 0. The standard InChI is InChI=1S/C22H25NO2S/c1-3-20-16-23(26(24,25)22-14-12-18(2)13-15-22)17-21(20)11-7-10-19-8-5-4-6-9-19/h3-10,12-15,21H,11,16-17H2,1-2H3/b10-7+,20-3+. The Morgan fingerprint density at radius 3 is 2.42 bits per heavy atom. The topological polar surface area (TPSA) is 37.4 Å². The smallest absolute Gasteiger partial charge is 0.207 e. The van der Waals surface area contributed by atoms with Crippen molar-refractivity contribution in [3.8, 4) is 0 Å². The molecule has 0 N–H and O–H groups in total. The van der Waals surface area contributed by atoms with Crippen LogP contribution < -0.4 is 0 Å². The molecule has 0 bridgehead atoms. The van der Waals surface area contributed by atoms with Gasteiger partial charge in [0.1, 0.15) is 0 Å². The highest BCUT2D eigenvalue weighted by molar-refractivity contribution is 7.89. The van der Waals surface area contributed by atoms with E-state index in [1.54, 1.807) is 16.4 Å². The Labute approximate surface area is 156 Å². The monoisotopic (exact) mass is 367 g/mol. The lowest BCUT2D eigenvalue weighted by atomic mass is 9.98. The summed E-state index contributed by atoms with van der Waals surface area (Å²) >= 11 is 0. The maximum Gasteiger partial charge on any atom is 0.243 e. The van der Waals surface area contributed by atoms with Crippen LogP contribution in [0.5, 0.6) is 0 Å². The summed E-state index contributed by atoms with van der Waals surface area (Å²) in [6.45, 7) is 4.97. The van der Waals surface area contributed by atoms with E-state index in [2.05, 4.69) is 30.4 Å². The number of rotatable bonds is 5. The first-order valence-electron chi connectivity index (χ1n) is 8.94. The zero-order valence-electron chi connectivity index (χ0n) is 15.3. The van der Waals surface area contributed by atoms with E-state index in [4.69, 9.17) is 0 Å². The molecule has 26 heavy (non-hydrogen) atoms. The van der Waals surface area contributed by atoms with Gasteiger partial charge in [-0.1, -0.05) is 71.8 Å². The molecule has 1 fully saturated rings. The molecule has 1 heterocycles. The lowest BCUT2D eigenvalue weighted by Gasteiger charge is -2.16. The van der Waals surface area contributed by atoms with Crippen LogP contribution in [0.1, 0.15) is 24.5 Å². The van der Waals surface area contributed by atoms with E-state index < -0.39 is 10.0 Å². The van der Waals surface area contributed by atoms with Gasteiger partial charge in [-0.05, 0) is 43.9 Å². The van der Waals surface area contributed by atoms with E-state index in [-0.39, 0.29) is 5.92 Å². The molecule has 1 atom stereocenters. The first kappa shape index (κ1) is 18.6. The molecule has 4 heteroatoms. The van der Waals surface area contributed by atoms with Crippen LogP contribution in [0, 0.1) is 12.8 Å². The number of hydrogen-bond acceptors (Lipinski definition) is 2. The molecule has 1 aliphatic rings. The number of allylic oxidation sites excluding steroid dienone is 2. The molecule has 0 aliphatic carbocycles. The second kappa shape index (κ2) is 8.02. The molecule has 0 aromatic heterocycles. The number of hydrogen-bond donors (Lipinski definition) is 0. The van der Waals surface area contributed by atoms with Crippen LogP contribution in [-0.4, -0.2) is 25.8 Å². The van der Waals surface area contributed by atoms with Crippen LogP contribution in [0.25, 0.3) is 6.08 Å². The van der Waals surface area contributed by atoms with E-state index in [1.807, 2.05) is 44.2 Å². The predicted octanol–water partition coefficient (Wildman–Crippen LogP) is 4.67. The Balaban J connectivity index is 1.72. The molecule has 1 unspecified atom stereocenters. The largest absolute Gasteiger partial charge is 0.243 e. The third-order valence-electron chi connectivity index (χ3n) is 4.87. The van der Waals surface area contributed by atoms with E-state index in [0.29, 0.717) is 18.0 Å². The first-order valence-corrected chi connectivity index (χ1v) is 10.4. The molecule has 3 nitrogen and oxygen atoms in total. The van der Waals surface area contributed by atoms with Crippen molar-refractivity contribution in [1.29, 1.82) is 0 Å². The van der Waals surface area contributed by atoms with Gasteiger partial charge in [0.15, 0.2) is 0 Å². The van der Waals surface area contributed by atoms with Gasteiger partial charge >= 0.3 is 0 Å². The minimum Gasteiger partial charge on any atom is -0.207 e. The number of aryl methyl sites for hydroxylation is 1. The van der Waals surface area contributed by atoms with Gasteiger partial charge in [-0.15, -0.1) is 0 Å². The molecule has 0 radical (unpaired) electrons. The van der Waals surface area contributed by atoms with Crippen LogP contribution in [0.4, 0.5) is 0 Å². The molecule has 3 rings (SSSR count). The molecule has 1 saturated heterocycles. The van der Waals surface area contributed by atoms with Crippen LogP contribution in [-0.2, 0) is 10.0 Å². The normalized spacial score (nSPS) is 20.2. The van der Waals surface area contributed by atoms with Gasteiger partial charge < -0.3 is 0 Å². The number of sulfonamides is 1. The fraction of sp³-hybridized carbons (Fsp3) is 0.273. The molecular weight excluding hydrogens is 342 g/mol. The van der Waals surface area contributed by atoms with Crippen LogP contribution >= 0.6 is 0 Å². The third-order valence-corrected chi connectivity index (χ3v) is 6.69. The summed E-state index contributed by atoms with van der Waals surface area (Å²) < 4.78 is 27.5. The molecule has 2 aromatic rings. The van der Waals surface area contributed by atoms with Gasteiger partial charge in [-0.2, -0.15) is 4.31 Å². The summed E-state index contributed by atoms with van der Waals surface area (Å²) in [5.41, 5.74) is 3.42. The van der Waals surface area contributed by atoms with Crippen molar-refractivity contribution < 1.29 is 8.42 Å². The van der Waals surface area contributed by atoms with Crippen LogP contribution in [0.3, 0.4) is 0 Å². The summed E-state index contributed by atoms with van der Waals surface area (Å²) in [4.78, 5) is 0.374. The summed E-state index contributed by atoms with van der Waals surface area (Å²) in [6, 6.07) is 17.3. The Hall–Kier alpha value is -2.17. The van der Waals surface area contributed by atoms with E-state index in [0.717, 1.165) is 17.5 Å². The van der Waals surface area contributed by atoms with Gasteiger partial charge in [-0.3, -0.25) is 0 Å². The van der Waals surface area contributed by atoms with Crippen molar-refractivity contribution in [2.45, 2.75) is 25.2 Å². The van der Waals surface area contributed by atoms with Crippen LogP contribution in [0.15, 0.2) is 77.2 Å². The van der Waals surface area contributed by atoms with E-state index in [1.165, 1.54) is 5.57 Å². The highest BCUT2D eigenvalue weighted by Gasteiger charge is 2.34. The maximum absolute atomic E-state index is 12.9. The number of nitrogens with zero attached hydrogens (tertiary/aromatic N) is 1. The van der Waals surface area contributed by atoms with Gasteiger partial charge in [0.2, 0.25) is 10.0 Å². The molecule has 136 valence electrons. The fourth-order valence-corrected chi connectivity index (χ4v) is 4.76. The lowest BCUT2D eigenvalue weighted by molar-refractivity contribution is 0.458. The second-order valence-electron chi connectivity index (χ2n) is 6.72. The Kier molecular flexibility index (Phi) is 5.74. The average Bonchev–Trinajstić information content (AvgIpc) is 3.07. The van der Waals surface area contributed by atoms with Gasteiger partial charge in [0.25, 0.3) is 0 Å². The molecule has 0 amide bonds. The summed E-state index contributed by atoms with van der Waals surface area (Å²) in [6.07, 6.45) is 7.15. The molecular formula is C22H25NO2S. The lowest BCUT2D eigenvalue weighted by Crippen LogP contribution is -2.28. The highest BCUT2D eigenvalue weighted by atomic mass is 32.2. The Morgan fingerprint density at radius 2 is 1.77 bits per heavy atom. The minimum absolute atomic E-state index is 0.236. The van der Waals surface area contributed by atoms with Crippen molar-refractivity contribution in [3.05, 3.63) is 83.4 Å². The van der Waals surface area contributed by atoms with Gasteiger partial charge in [-0.25, -0.2) is 8.42 Å². The number of benzene rings is 2. The third kappa shape index (κ3) is 4.14. The van der Waals surface area contributed by atoms with Crippen molar-refractivity contribution >= 4 is 16.1 Å². The SMILES string of the molecule is C/C=C1\CN(S(=O)(=O)c2ccc(C)cc2)CC1C/C=C/c1ccccc1. The fourth-order valence-electron chi connectivity index (χ4n) is 3.29. The Bertz CT molecular complexity index is 897. The van der Waals surface area contributed by atoms with Gasteiger partial charge in [0.05, 0.1) is 4.90 Å². The Morgan fingerprint density at radius 1 is 1.08 bits per heavy atom. The highest BCUT2D eigenvalue weighted by Crippen LogP contribution is 2.30. The first-order chi connectivity index (χ1) is 12.5. The van der Waals surface area contributed by atoms with Crippen molar-refractivity contribution in [2.75, 3.05) is 13.1 Å². The molecule has 2 aromatic carbocycles. The molecule has 1 aliphatic heterocycles. The van der Waals surface area contributed by atoms with Crippen molar-refractivity contribution in [2.24, 2.45) is 5.92 Å². The summed E-state index contributed by atoms with van der Waals surface area (Å²) in [7, 11) is -3.44.